The highest BCUT2D eigenvalue weighted by molar-refractivity contribution is 7.89. The predicted octanol–water partition coefficient (Wildman–Crippen LogP) is 3.05. The Morgan fingerprint density at radius 3 is 2.21 bits per heavy atom. The highest BCUT2D eigenvalue weighted by atomic mass is 32.2. The van der Waals surface area contributed by atoms with Crippen LogP contribution in [0.15, 0.2) is 77.7 Å². The van der Waals surface area contributed by atoms with Crippen LogP contribution in [0.4, 0.5) is 4.39 Å². The Hall–Kier alpha value is -3.43. The lowest BCUT2D eigenvalue weighted by Gasteiger charge is -2.19. The molecular weight excluding hydrogens is 447 g/mol. The highest BCUT2D eigenvalue weighted by Crippen LogP contribution is 2.27. The first-order chi connectivity index (χ1) is 15.8. The monoisotopic (exact) mass is 472 g/mol. The predicted molar refractivity (Wildman–Crippen MR) is 122 cm³/mol. The van der Waals surface area contributed by atoms with Gasteiger partial charge in [-0.25, -0.2) is 12.8 Å². The molecule has 3 rings (SSSR count). The number of carbonyl (C=O) groups is 1. The minimum absolute atomic E-state index is 0.130. The topological polar surface area (TPSA) is 93.7 Å². The van der Waals surface area contributed by atoms with Gasteiger partial charge in [-0.1, -0.05) is 36.4 Å². The van der Waals surface area contributed by atoms with Crippen LogP contribution in [-0.4, -0.2) is 34.6 Å². The van der Waals surface area contributed by atoms with Crippen LogP contribution in [0, 0.1) is 5.82 Å². The fourth-order valence-corrected chi connectivity index (χ4v) is 4.41. The van der Waals surface area contributed by atoms with Crippen molar-refractivity contribution in [2.75, 3.05) is 14.2 Å². The molecule has 174 valence electrons. The van der Waals surface area contributed by atoms with E-state index in [9.17, 15) is 17.6 Å². The van der Waals surface area contributed by atoms with E-state index in [4.69, 9.17) is 9.47 Å². The molecule has 2 N–H and O–H groups in total. The van der Waals surface area contributed by atoms with Gasteiger partial charge in [-0.3, -0.25) is 4.79 Å². The Morgan fingerprint density at radius 1 is 0.909 bits per heavy atom. The number of ether oxygens (including phenoxy) is 2. The first-order valence-electron chi connectivity index (χ1n) is 10.1. The van der Waals surface area contributed by atoms with Crippen LogP contribution in [0.2, 0.25) is 0 Å². The number of rotatable bonds is 10. The molecule has 0 saturated heterocycles. The third kappa shape index (κ3) is 6.53. The maximum atomic E-state index is 13.2. The van der Waals surface area contributed by atoms with E-state index in [0.29, 0.717) is 11.5 Å². The van der Waals surface area contributed by atoms with Crippen molar-refractivity contribution in [3.63, 3.8) is 0 Å². The zero-order chi connectivity index (χ0) is 23.8. The summed E-state index contributed by atoms with van der Waals surface area (Å²) in [5.74, 6) is 0.0189. The molecule has 0 heterocycles. The van der Waals surface area contributed by atoms with E-state index in [0.717, 1.165) is 35.4 Å². The van der Waals surface area contributed by atoms with Crippen molar-refractivity contribution in [2.45, 2.75) is 23.9 Å². The van der Waals surface area contributed by atoms with Gasteiger partial charge in [0.2, 0.25) is 15.9 Å². The molecule has 0 aromatic heterocycles. The molecule has 0 unspecified atom stereocenters. The Labute approximate surface area is 192 Å². The van der Waals surface area contributed by atoms with Crippen LogP contribution in [0.5, 0.6) is 11.5 Å². The van der Waals surface area contributed by atoms with Gasteiger partial charge in [0.15, 0.2) is 11.5 Å². The van der Waals surface area contributed by atoms with Crippen molar-refractivity contribution >= 4 is 15.9 Å². The highest BCUT2D eigenvalue weighted by Gasteiger charge is 2.26. The first-order valence-corrected chi connectivity index (χ1v) is 11.6. The van der Waals surface area contributed by atoms with E-state index in [1.165, 1.54) is 14.2 Å². The molecule has 3 aromatic carbocycles. The zero-order valence-corrected chi connectivity index (χ0v) is 19.1. The summed E-state index contributed by atoms with van der Waals surface area (Å²) in [5, 5.41) is 2.77. The molecule has 33 heavy (non-hydrogen) atoms. The Bertz CT molecular complexity index is 1190. The smallest absolute Gasteiger partial charge is 0.241 e. The second kappa shape index (κ2) is 10.9. The number of methoxy groups -OCH3 is 2. The summed E-state index contributed by atoms with van der Waals surface area (Å²) in [6.45, 7) is 0.156. The maximum Gasteiger partial charge on any atom is 0.241 e. The summed E-state index contributed by atoms with van der Waals surface area (Å²) < 4.78 is 51.8. The van der Waals surface area contributed by atoms with Gasteiger partial charge in [0.05, 0.1) is 19.1 Å². The molecule has 0 radical (unpaired) electrons. The van der Waals surface area contributed by atoms with Crippen LogP contribution in [0.1, 0.15) is 11.1 Å². The first kappa shape index (κ1) is 24.2. The van der Waals surface area contributed by atoms with Gasteiger partial charge in [0.25, 0.3) is 0 Å². The number of hydrogen-bond acceptors (Lipinski definition) is 5. The molecule has 0 saturated carbocycles. The SMILES string of the molecule is COc1ccc(CNC(=O)[C@@H](Cc2ccccc2)NS(=O)(=O)c2ccc(F)cc2)cc1OC. The molecule has 0 spiro atoms. The summed E-state index contributed by atoms with van der Waals surface area (Å²) in [7, 11) is -1.02. The molecule has 0 aliphatic carbocycles. The molecular formula is C24H25FN2O5S. The Balaban J connectivity index is 1.78. The molecule has 0 aliphatic heterocycles. The van der Waals surface area contributed by atoms with E-state index < -0.39 is 27.8 Å². The molecule has 1 atom stereocenters. The van der Waals surface area contributed by atoms with Gasteiger partial charge in [-0.05, 0) is 53.9 Å². The summed E-state index contributed by atoms with van der Waals surface area (Å²) in [5.41, 5.74) is 1.53. The number of hydrogen-bond donors (Lipinski definition) is 2. The maximum absolute atomic E-state index is 13.2. The average Bonchev–Trinajstić information content (AvgIpc) is 2.82. The number of halogens is 1. The fraction of sp³-hybridized carbons (Fsp3) is 0.208. The summed E-state index contributed by atoms with van der Waals surface area (Å²) in [6.07, 6.45) is 0.138. The number of nitrogens with one attached hydrogen (secondary N) is 2. The standard InChI is InChI=1S/C24H25FN2O5S/c1-31-22-13-8-18(15-23(22)32-2)16-26-24(28)21(14-17-6-4-3-5-7-17)27-33(29,30)20-11-9-19(25)10-12-20/h3-13,15,21,27H,14,16H2,1-2H3,(H,26,28)/t21-/m1/s1. The van der Waals surface area contributed by atoms with Crippen molar-refractivity contribution in [2.24, 2.45) is 0 Å². The zero-order valence-electron chi connectivity index (χ0n) is 18.2. The van der Waals surface area contributed by atoms with Gasteiger partial charge in [0, 0.05) is 6.54 Å². The lowest BCUT2D eigenvalue weighted by atomic mass is 10.1. The largest absolute Gasteiger partial charge is 0.493 e. The van der Waals surface area contributed by atoms with Crippen LogP contribution in [-0.2, 0) is 27.8 Å². The van der Waals surface area contributed by atoms with Gasteiger partial charge >= 0.3 is 0 Å². The third-order valence-electron chi connectivity index (χ3n) is 4.94. The molecule has 0 aliphatic rings. The van der Waals surface area contributed by atoms with Crippen molar-refractivity contribution in [1.82, 2.24) is 10.0 Å². The molecule has 0 fully saturated rings. The van der Waals surface area contributed by atoms with E-state index in [1.807, 2.05) is 18.2 Å². The van der Waals surface area contributed by atoms with E-state index in [2.05, 4.69) is 10.0 Å². The van der Waals surface area contributed by atoms with Crippen molar-refractivity contribution in [1.29, 1.82) is 0 Å². The molecule has 1 amide bonds. The molecule has 9 heteroatoms. The van der Waals surface area contributed by atoms with E-state index >= 15 is 0 Å². The van der Waals surface area contributed by atoms with E-state index in [1.54, 1.807) is 30.3 Å². The second-order valence-corrected chi connectivity index (χ2v) is 8.94. The van der Waals surface area contributed by atoms with Crippen molar-refractivity contribution in [3.8, 4) is 11.5 Å². The average molecular weight is 473 g/mol. The molecule has 0 bridgehead atoms. The number of carbonyl (C=O) groups excluding carboxylic acids is 1. The van der Waals surface area contributed by atoms with Gasteiger partial charge in [-0.15, -0.1) is 0 Å². The van der Waals surface area contributed by atoms with Crippen molar-refractivity contribution < 1.29 is 27.1 Å². The number of amides is 1. The lowest BCUT2D eigenvalue weighted by molar-refractivity contribution is -0.122. The van der Waals surface area contributed by atoms with Crippen LogP contribution >= 0.6 is 0 Å². The quantitative estimate of drug-likeness (QED) is 0.473. The van der Waals surface area contributed by atoms with Gasteiger partial charge in [0.1, 0.15) is 11.9 Å². The van der Waals surface area contributed by atoms with Crippen LogP contribution in [0.3, 0.4) is 0 Å². The second-order valence-electron chi connectivity index (χ2n) is 7.22. The minimum atomic E-state index is -4.06. The molecule has 7 nitrogen and oxygen atoms in total. The minimum Gasteiger partial charge on any atom is -0.493 e. The van der Waals surface area contributed by atoms with Crippen LogP contribution < -0.4 is 19.5 Å². The number of benzene rings is 3. The van der Waals surface area contributed by atoms with E-state index in [-0.39, 0.29) is 17.9 Å². The summed E-state index contributed by atoms with van der Waals surface area (Å²) in [6, 6.07) is 17.6. The normalized spacial score (nSPS) is 12.1. The van der Waals surface area contributed by atoms with Crippen molar-refractivity contribution in [3.05, 3.63) is 89.7 Å². The summed E-state index contributed by atoms with van der Waals surface area (Å²) >= 11 is 0. The van der Waals surface area contributed by atoms with Crippen LogP contribution in [0.25, 0.3) is 0 Å². The van der Waals surface area contributed by atoms with Gasteiger partial charge in [-0.2, -0.15) is 4.72 Å². The molecule has 3 aromatic rings. The Kier molecular flexibility index (Phi) is 8.02. The third-order valence-corrected chi connectivity index (χ3v) is 6.42. The summed E-state index contributed by atoms with van der Waals surface area (Å²) in [4.78, 5) is 12.9. The van der Waals surface area contributed by atoms with Gasteiger partial charge < -0.3 is 14.8 Å². The Morgan fingerprint density at radius 2 is 1.58 bits per heavy atom. The fourth-order valence-electron chi connectivity index (χ4n) is 3.21. The lowest BCUT2D eigenvalue weighted by Crippen LogP contribution is -2.47. The number of sulfonamides is 1.